The van der Waals surface area contributed by atoms with Crippen molar-refractivity contribution in [1.82, 2.24) is 9.55 Å². The molecule has 0 aliphatic carbocycles. The van der Waals surface area contributed by atoms with Gasteiger partial charge in [0, 0.05) is 26.1 Å². The van der Waals surface area contributed by atoms with E-state index in [4.69, 9.17) is 19.9 Å². The quantitative estimate of drug-likeness (QED) is 0.737. The molecule has 0 saturated carbocycles. The first-order valence-corrected chi connectivity index (χ1v) is 7.64. The van der Waals surface area contributed by atoms with Crippen LogP contribution in [-0.4, -0.2) is 28.2 Å². The van der Waals surface area contributed by atoms with Crippen molar-refractivity contribution >= 4 is 13.6 Å². The van der Waals surface area contributed by atoms with Crippen molar-refractivity contribution in [3.63, 3.8) is 0 Å². The van der Waals surface area contributed by atoms with E-state index in [1.54, 1.807) is 6.08 Å². The Morgan fingerprint density at radius 2 is 2.43 bits per heavy atom. The van der Waals surface area contributed by atoms with E-state index in [1.165, 1.54) is 16.8 Å². The highest BCUT2D eigenvalue weighted by Gasteiger charge is 2.23. The summed E-state index contributed by atoms with van der Waals surface area (Å²) in [6.07, 6.45) is 3.58. The zero-order valence-electron chi connectivity index (χ0n) is 11.3. The number of hydrogen-bond donors (Lipinski definition) is 2. The van der Waals surface area contributed by atoms with E-state index in [0.717, 1.165) is 7.11 Å². The maximum atomic E-state index is 11.7. The van der Waals surface area contributed by atoms with E-state index in [2.05, 4.69) is 9.51 Å². The Kier molecular flexibility index (Phi) is 4.79. The third-order valence-corrected chi connectivity index (χ3v) is 3.80. The second-order valence-electron chi connectivity index (χ2n) is 4.26. The molecule has 0 fully saturated rings. The predicted octanol–water partition coefficient (Wildman–Crippen LogP) is 0.782. The van der Waals surface area contributed by atoms with Crippen LogP contribution in [0.5, 0.6) is 0 Å². The van der Waals surface area contributed by atoms with Crippen molar-refractivity contribution in [1.29, 1.82) is 0 Å². The van der Waals surface area contributed by atoms with Gasteiger partial charge in [0.2, 0.25) is 0 Å². The lowest BCUT2D eigenvalue weighted by molar-refractivity contribution is 0.0676. The van der Waals surface area contributed by atoms with E-state index in [-0.39, 0.29) is 12.4 Å². The van der Waals surface area contributed by atoms with Gasteiger partial charge in [-0.25, -0.2) is 9.36 Å². The number of phosphoric ester groups is 1. The van der Waals surface area contributed by atoms with E-state index < -0.39 is 19.7 Å². The van der Waals surface area contributed by atoms with Crippen LogP contribution in [0.1, 0.15) is 19.1 Å². The summed E-state index contributed by atoms with van der Waals surface area (Å²) in [5.74, 6) is 0.717. The highest BCUT2D eigenvalue weighted by Crippen LogP contribution is 2.42. The molecule has 1 unspecified atom stereocenters. The molecule has 2 atom stereocenters. The highest BCUT2D eigenvalue weighted by atomic mass is 31.2. The van der Waals surface area contributed by atoms with Gasteiger partial charge in [-0.1, -0.05) is 0 Å². The lowest BCUT2D eigenvalue weighted by atomic mass is 10.3. The molecule has 0 amide bonds. The van der Waals surface area contributed by atoms with E-state index >= 15 is 0 Å². The fourth-order valence-electron chi connectivity index (χ4n) is 1.79. The largest absolute Gasteiger partial charge is 0.474 e. The van der Waals surface area contributed by atoms with Gasteiger partial charge in [-0.3, -0.25) is 13.6 Å². The molecule has 10 heteroatoms. The monoisotopic (exact) mass is 317 g/mol. The number of rotatable bonds is 6. The maximum absolute atomic E-state index is 11.7. The molecule has 0 bridgehead atoms. The molecule has 2 heterocycles. The molecule has 0 radical (unpaired) electrons. The van der Waals surface area contributed by atoms with Crippen molar-refractivity contribution in [3.05, 3.63) is 34.6 Å². The minimum atomic E-state index is -3.98. The van der Waals surface area contributed by atoms with Crippen LogP contribution >= 0.6 is 7.82 Å². The first-order chi connectivity index (χ1) is 9.91. The molecule has 0 aromatic carbocycles. The lowest BCUT2D eigenvalue weighted by Crippen LogP contribution is -2.27. The molecule has 3 N–H and O–H groups in total. The van der Waals surface area contributed by atoms with Crippen molar-refractivity contribution in [2.45, 2.75) is 19.1 Å². The number of phosphoric acid groups is 1. The van der Waals surface area contributed by atoms with Gasteiger partial charge in [0.25, 0.3) is 0 Å². The number of hydrogen-bond acceptors (Lipinski definition) is 7. The standard InChI is InChI=1S/C11H16N3O6P/c1-18-21(16,17)19-7-5-8-2-3-10(20-8)14-6-4-9(12)13-11(14)15/h2,4,6,10H,3,5,7H2,1H3,(H,16,17)(H2,12,13,15)/t10-/m1/s1. The second kappa shape index (κ2) is 6.40. The van der Waals surface area contributed by atoms with Crippen molar-refractivity contribution in [2.24, 2.45) is 0 Å². The van der Waals surface area contributed by atoms with Crippen molar-refractivity contribution in [2.75, 3.05) is 19.5 Å². The topological polar surface area (TPSA) is 126 Å². The van der Waals surface area contributed by atoms with E-state index in [1.807, 2.05) is 0 Å². The fourth-order valence-corrected chi connectivity index (χ4v) is 2.22. The van der Waals surface area contributed by atoms with Gasteiger partial charge in [-0.2, -0.15) is 4.98 Å². The molecule has 116 valence electrons. The first kappa shape index (κ1) is 15.7. The Labute approximate surface area is 120 Å². The summed E-state index contributed by atoms with van der Waals surface area (Å²) in [6, 6.07) is 1.51. The van der Waals surface area contributed by atoms with Gasteiger partial charge in [0.1, 0.15) is 5.82 Å². The van der Waals surface area contributed by atoms with Crippen molar-refractivity contribution in [3.8, 4) is 0 Å². The molecule has 1 aliphatic heterocycles. The van der Waals surface area contributed by atoms with Gasteiger partial charge in [-0.05, 0) is 12.1 Å². The van der Waals surface area contributed by atoms with Crippen LogP contribution in [-0.2, 0) is 18.3 Å². The number of nitrogens with zero attached hydrogens (tertiary/aromatic N) is 2. The van der Waals surface area contributed by atoms with Gasteiger partial charge >= 0.3 is 13.5 Å². The number of nitrogens with two attached hydrogens (primary N) is 1. The van der Waals surface area contributed by atoms with Gasteiger partial charge in [0.15, 0.2) is 6.23 Å². The zero-order valence-corrected chi connectivity index (χ0v) is 12.2. The summed E-state index contributed by atoms with van der Waals surface area (Å²) in [5, 5.41) is 0. The summed E-state index contributed by atoms with van der Waals surface area (Å²) in [6.45, 7) is -0.0327. The molecular formula is C11H16N3O6P. The molecule has 1 aromatic heterocycles. The maximum Gasteiger partial charge on any atom is 0.471 e. The summed E-state index contributed by atoms with van der Waals surface area (Å²) in [7, 11) is -2.89. The van der Waals surface area contributed by atoms with E-state index in [9.17, 15) is 9.36 Å². The Hall–Kier alpha value is -1.67. The molecular weight excluding hydrogens is 301 g/mol. The van der Waals surface area contributed by atoms with Crippen LogP contribution in [0, 0.1) is 0 Å². The van der Waals surface area contributed by atoms with E-state index in [0.29, 0.717) is 18.6 Å². The Bertz CT molecular complexity index is 643. The first-order valence-electron chi connectivity index (χ1n) is 6.15. The lowest BCUT2D eigenvalue weighted by Gasteiger charge is -2.16. The predicted molar refractivity (Wildman–Crippen MR) is 73.1 cm³/mol. The molecule has 2 rings (SSSR count). The summed E-state index contributed by atoms with van der Waals surface area (Å²) < 4.78 is 27.0. The molecule has 1 aliphatic rings. The minimum Gasteiger partial charge on any atom is -0.474 e. The van der Waals surface area contributed by atoms with Crippen LogP contribution in [0.3, 0.4) is 0 Å². The SMILES string of the molecule is COP(=O)(O)OCCC1=CC[C@H](n2ccc(N)nc2=O)O1. The van der Waals surface area contributed by atoms with Crippen LogP contribution in [0.4, 0.5) is 5.82 Å². The minimum absolute atomic E-state index is 0.0327. The van der Waals surface area contributed by atoms with Crippen LogP contribution < -0.4 is 11.4 Å². The third kappa shape index (κ3) is 4.15. The summed E-state index contributed by atoms with van der Waals surface area (Å²) in [5.41, 5.74) is 4.92. The molecule has 9 nitrogen and oxygen atoms in total. The molecule has 0 saturated heterocycles. The number of aromatic nitrogens is 2. The highest BCUT2D eigenvalue weighted by molar-refractivity contribution is 7.47. The number of nitrogen functional groups attached to an aromatic ring is 1. The van der Waals surface area contributed by atoms with Crippen LogP contribution in [0.15, 0.2) is 28.9 Å². The average molecular weight is 317 g/mol. The van der Waals surface area contributed by atoms with Gasteiger partial charge < -0.3 is 15.4 Å². The van der Waals surface area contributed by atoms with Crippen LogP contribution in [0.25, 0.3) is 0 Å². The fraction of sp³-hybridized carbons (Fsp3) is 0.455. The summed E-state index contributed by atoms with van der Waals surface area (Å²) >= 11 is 0. The second-order valence-corrected chi connectivity index (χ2v) is 5.82. The van der Waals surface area contributed by atoms with Crippen LogP contribution in [0.2, 0.25) is 0 Å². The molecule has 1 aromatic rings. The molecule has 21 heavy (non-hydrogen) atoms. The smallest absolute Gasteiger partial charge is 0.471 e. The average Bonchev–Trinajstić information content (AvgIpc) is 2.87. The van der Waals surface area contributed by atoms with Gasteiger partial charge in [0.05, 0.1) is 12.4 Å². The Morgan fingerprint density at radius 3 is 3.10 bits per heavy atom. The number of ether oxygens (including phenoxy) is 1. The van der Waals surface area contributed by atoms with Gasteiger partial charge in [-0.15, -0.1) is 0 Å². The summed E-state index contributed by atoms with van der Waals surface area (Å²) in [4.78, 5) is 24.4. The zero-order chi connectivity index (χ0) is 15.5. The van der Waals surface area contributed by atoms with Crippen molar-refractivity contribution < 1.29 is 23.2 Å². The number of anilines is 1. The third-order valence-electron chi connectivity index (χ3n) is 2.83. The Balaban J connectivity index is 1.88. The Morgan fingerprint density at radius 1 is 1.67 bits per heavy atom. The normalized spacial score (nSPS) is 20.7. The molecule has 0 spiro atoms.